The maximum Gasteiger partial charge on any atom is 0.138 e. The summed E-state index contributed by atoms with van der Waals surface area (Å²) >= 11 is 0. The number of pyridine rings is 1. The Morgan fingerprint density at radius 3 is 2.50 bits per heavy atom. The van der Waals surface area contributed by atoms with Gasteiger partial charge in [-0.2, -0.15) is 0 Å². The molecule has 148 valence electrons. The largest absolute Gasteiger partial charge is 0.488 e. The predicted octanol–water partition coefficient (Wildman–Crippen LogP) is 4.79. The van der Waals surface area contributed by atoms with Crippen LogP contribution in [0.5, 0.6) is 5.75 Å². The first-order valence-electron chi connectivity index (χ1n) is 9.74. The van der Waals surface area contributed by atoms with E-state index in [4.69, 9.17) is 4.74 Å². The molecule has 1 aliphatic carbocycles. The van der Waals surface area contributed by atoms with Gasteiger partial charge in [-0.15, -0.1) is 24.8 Å². The second kappa shape index (κ2) is 7.58. The van der Waals surface area contributed by atoms with Crippen molar-refractivity contribution < 1.29 is 4.74 Å². The van der Waals surface area contributed by atoms with Crippen molar-refractivity contribution in [3.63, 3.8) is 0 Å². The third kappa shape index (κ3) is 3.28. The van der Waals surface area contributed by atoms with Crippen LogP contribution in [0.1, 0.15) is 12.8 Å². The molecule has 4 fully saturated rings. The molecule has 1 saturated carbocycles. The normalized spacial score (nSPS) is 29.9. The van der Waals surface area contributed by atoms with E-state index in [9.17, 15) is 0 Å². The number of rotatable bonds is 3. The molecule has 1 aromatic carbocycles. The van der Waals surface area contributed by atoms with E-state index in [0.717, 1.165) is 28.4 Å². The molecule has 5 heterocycles. The molecule has 3 aliphatic heterocycles. The van der Waals surface area contributed by atoms with Crippen molar-refractivity contribution in [2.75, 3.05) is 19.6 Å². The number of aromatic nitrogens is 2. The van der Waals surface area contributed by atoms with E-state index in [1.807, 2.05) is 12.4 Å². The van der Waals surface area contributed by atoms with Crippen molar-refractivity contribution in [2.24, 2.45) is 17.8 Å². The Labute approximate surface area is 177 Å². The average Bonchev–Trinajstić information content (AvgIpc) is 3.12. The minimum atomic E-state index is 0. The lowest BCUT2D eigenvalue weighted by molar-refractivity contribution is -0.0985. The maximum atomic E-state index is 6.45. The van der Waals surface area contributed by atoms with Crippen molar-refractivity contribution in [3.8, 4) is 17.0 Å². The van der Waals surface area contributed by atoms with E-state index in [2.05, 4.69) is 51.3 Å². The van der Waals surface area contributed by atoms with Crippen LogP contribution in [0.3, 0.4) is 0 Å². The fourth-order valence-electron chi connectivity index (χ4n) is 5.55. The maximum absolute atomic E-state index is 6.45. The fourth-order valence-corrected chi connectivity index (χ4v) is 5.55. The molecule has 28 heavy (non-hydrogen) atoms. The van der Waals surface area contributed by atoms with Gasteiger partial charge in [0.25, 0.3) is 0 Å². The number of fused-ring (bicyclic) bond motifs is 1. The number of ether oxygens (including phenoxy) is 1. The SMILES string of the molecule is Cl.Cl.c1cc2cc(-c3ccc(OC4C5CC6CC4CN(C6)C5)cn3)ccc2[nH]1. The van der Waals surface area contributed by atoms with Gasteiger partial charge >= 0.3 is 0 Å². The molecule has 2 atom stereocenters. The number of halogens is 2. The van der Waals surface area contributed by atoms with E-state index < -0.39 is 0 Å². The summed E-state index contributed by atoms with van der Waals surface area (Å²) in [5.74, 6) is 3.24. The fraction of sp³-hybridized carbons (Fsp3) is 0.409. The highest BCUT2D eigenvalue weighted by molar-refractivity contribution is 5.86. The summed E-state index contributed by atoms with van der Waals surface area (Å²) < 4.78 is 6.45. The summed E-state index contributed by atoms with van der Waals surface area (Å²) in [5, 5.41) is 1.22. The lowest BCUT2D eigenvalue weighted by Crippen LogP contribution is -2.61. The van der Waals surface area contributed by atoms with Crippen LogP contribution in [0.25, 0.3) is 22.2 Å². The van der Waals surface area contributed by atoms with Gasteiger partial charge in [0.1, 0.15) is 11.9 Å². The Morgan fingerprint density at radius 1 is 0.964 bits per heavy atom. The zero-order valence-electron chi connectivity index (χ0n) is 15.6. The number of piperidine rings is 3. The molecule has 0 amide bonds. The minimum Gasteiger partial charge on any atom is -0.488 e. The van der Waals surface area contributed by atoms with E-state index in [-0.39, 0.29) is 24.8 Å². The zero-order valence-corrected chi connectivity index (χ0v) is 17.2. The van der Waals surface area contributed by atoms with Gasteiger partial charge in [-0.1, -0.05) is 6.07 Å². The number of nitrogens with zero attached hydrogens (tertiary/aromatic N) is 2. The van der Waals surface area contributed by atoms with Crippen LogP contribution in [-0.2, 0) is 0 Å². The highest BCUT2D eigenvalue weighted by atomic mass is 35.5. The van der Waals surface area contributed by atoms with Crippen LogP contribution in [0.15, 0.2) is 48.8 Å². The molecule has 3 aromatic rings. The Bertz CT molecular complexity index is 928. The molecule has 0 spiro atoms. The standard InChI is InChI=1S/C22H23N3O.2ClH/c1-3-20-16(5-6-23-20)9-15(1)21-4-2-19(10-24-21)26-22-17-7-14-8-18(22)13-25(11-14)12-17;;/h1-6,9-10,14,17-18,22-23H,7-8,11-13H2;2*1H. The summed E-state index contributed by atoms with van der Waals surface area (Å²) in [7, 11) is 0. The molecule has 2 unspecified atom stereocenters. The van der Waals surface area contributed by atoms with E-state index >= 15 is 0 Å². The quantitative estimate of drug-likeness (QED) is 0.665. The number of benzene rings is 1. The second-order valence-corrected chi connectivity index (χ2v) is 8.32. The van der Waals surface area contributed by atoms with Crippen LogP contribution in [0.2, 0.25) is 0 Å². The third-order valence-corrected chi connectivity index (χ3v) is 6.56. The van der Waals surface area contributed by atoms with Crippen LogP contribution >= 0.6 is 24.8 Å². The van der Waals surface area contributed by atoms with Crippen molar-refractivity contribution in [1.82, 2.24) is 14.9 Å². The minimum absolute atomic E-state index is 0. The second-order valence-electron chi connectivity index (χ2n) is 8.32. The number of H-pyrrole nitrogens is 1. The van der Waals surface area contributed by atoms with E-state index in [1.165, 1.54) is 37.9 Å². The van der Waals surface area contributed by atoms with Crippen molar-refractivity contribution in [3.05, 3.63) is 48.8 Å². The molecule has 2 aromatic heterocycles. The smallest absolute Gasteiger partial charge is 0.138 e. The number of hydrogen-bond acceptors (Lipinski definition) is 3. The summed E-state index contributed by atoms with van der Waals surface area (Å²) in [4.78, 5) is 10.6. The summed E-state index contributed by atoms with van der Waals surface area (Å²) in [6.07, 6.45) is 6.95. The molecule has 0 radical (unpaired) electrons. The first-order chi connectivity index (χ1) is 12.8. The van der Waals surface area contributed by atoms with Gasteiger partial charge in [0.2, 0.25) is 0 Å². The number of nitrogens with one attached hydrogen (secondary N) is 1. The molecule has 4 nitrogen and oxygen atoms in total. The molecule has 4 aliphatic rings. The van der Waals surface area contributed by atoms with Gasteiger partial charge in [0, 0.05) is 54.1 Å². The first kappa shape index (κ1) is 19.6. The highest BCUT2D eigenvalue weighted by Gasteiger charge is 2.48. The number of hydrogen-bond donors (Lipinski definition) is 1. The Kier molecular flexibility index (Phi) is 5.30. The van der Waals surface area contributed by atoms with Gasteiger partial charge < -0.3 is 14.6 Å². The molecular formula is C22H25Cl2N3O. The topological polar surface area (TPSA) is 41.1 Å². The van der Waals surface area contributed by atoms with Crippen LogP contribution < -0.4 is 4.74 Å². The van der Waals surface area contributed by atoms with E-state index in [0.29, 0.717) is 17.9 Å². The molecule has 4 bridgehead atoms. The summed E-state index contributed by atoms with van der Waals surface area (Å²) in [5.41, 5.74) is 3.30. The monoisotopic (exact) mass is 417 g/mol. The third-order valence-electron chi connectivity index (χ3n) is 6.56. The van der Waals surface area contributed by atoms with Gasteiger partial charge in [-0.3, -0.25) is 4.98 Å². The van der Waals surface area contributed by atoms with E-state index in [1.54, 1.807) is 0 Å². The first-order valence-corrected chi connectivity index (χ1v) is 9.74. The lowest BCUT2D eigenvalue weighted by atomic mass is 9.66. The Hall–Kier alpha value is -1.75. The molecular weight excluding hydrogens is 393 g/mol. The molecule has 3 saturated heterocycles. The zero-order chi connectivity index (χ0) is 17.1. The molecule has 1 N–H and O–H groups in total. The molecule has 7 rings (SSSR count). The van der Waals surface area contributed by atoms with Crippen LogP contribution in [0.4, 0.5) is 0 Å². The van der Waals surface area contributed by atoms with Gasteiger partial charge in [0.05, 0.1) is 11.9 Å². The lowest BCUT2D eigenvalue weighted by Gasteiger charge is -2.55. The average molecular weight is 418 g/mol. The Balaban J connectivity index is 0.000000961. The highest BCUT2D eigenvalue weighted by Crippen LogP contribution is 2.44. The van der Waals surface area contributed by atoms with Gasteiger partial charge in [0.15, 0.2) is 0 Å². The number of aromatic amines is 1. The van der Waals surface area contributed by atoms with Crippen molar-refractivity contribution in [1.29, 1.82) is 0 Å². The van der Waals surface area contributed by atoms with Gasteiger partial charge in [-0.05, 0) is 49.1 Å². The summed E-state index contributed by atoms with van der Waals surface area (Å²) in [6, 6.07) is 12.7. The van der Waals surface area contributed by atoms with Crippen molar-refractivity contribution in [2.45, 2.75) is 18.9 Å². The van der Waals surface area contributed by atoms with Crippen molar-refractivity contribution >= 4 is 35.7 Å². The Morgan fingerprint density at radius 2 is 1.79 bits per heavy atom. The summed E-state index contributed by atoms with van der Waals surface area (Å²) in [6.45, 7) is 3.77. The van der Waals surface area contributed by atoms with Gasteiger partial charge in [-0.25, -0.2) is 0 Å². The van der Waals surface area contributed by atoms with Crippen LogP contribution in [0, 0.1) is 17.8 Å². The predicted molar refractivity (Wildman–Crippen MR) is 117 cm³/mol. The van der Waals surface area contributed by atoms with Crippen LogP contribution in [-0.4, -0.2) is 40.6 Å². The molecule has 6 heteroatoms.